The molecule has 1 saturated heterocycles. The van der Waals surface area contributed by atoms with Gasteiger partial charge in [-0.05, 0) is 30.3 Å². The Labute approximate surface area is 147 Å². The van der Waals surface area contributed by atoms with Gasteiger partial charge < -0.3 is 9.73 Å². The molecule has 0 spiro atoms. The lowest BCUT2D eigenvalue weighted by atomic mass is 10.1. The summed E-state index contributed by atoms with van der Waals surface area (Å²) < 4.78 is 31.6. The van der Waals surface area contributed by atoms with Crippen molar-refractivity contribution in [2.45, 2.75) is 16.3 Å². The maximum Gasteiger partial charge on any atom is 0.206 e. The molecule has 0 bridgehead atoms. The van der Waals surface area contributed by atoms with Gasteiger partial charge in [0.25, 0.3) is 0 Å². The van der Waals surface area contributed by atoms with Crippen molar-refractivity contribution in [3.63, 3.8) is 0 Å². The summed E-state index contributed by atoms with van der Waals surface area (Å²) in [7, 11) is -3.54. The highest BCUT2D eigenvalue weighted by Gasteiger charge is 2.21. The Bertz CT molecular complexity index is 974. The van der Waals surface area contributed by atoms with E-state index in [0.717, 1.165) is 42.7 Å². The van der Waals surface area contributed by atoms with Gasteiger partial charge in [-0.3, -0.25) is 4.90 Å². The van der Waals surface area contributed by atoms with Gasteiger partial charge in [0.1, 0.15) is 5.58 Å². The summed E-state index contributed by atoms with van der Waals surface area (Å²) in [5.74, 6) is 0. The number of nitrogens with one attached hydrogen (secondary N) is 1. The summed E-state index contributed by atoms with van der Waals surface area (Å²) >= 11 is 0. The van der Waals surface area contributed by atoms with Crippen LogP contribution < -0.4 is 5.32 Å². The van der Waals surface area contributed by atoms with E-state index in [1.807, 2.05) is 12.1 Å². The molecule has 1 aliphatic heterocycles. The number of rotatable bonds is 4. The number of hydrogen-bond donors (Lipinski definition) is 1. The molecular weight excluding hydrogens is 336 g/mol. The summed E-state index contributed by atoms with van der Waals surface area (Å²) in [5, 5.41) is 4.15. The van der Waals surface area contributed by atoms with Crippen molar-refractivity contribution in [2.75, 3.05) is 26.2 Å². The quantitative estimate of drug-likeness (QED) is 0.779. The Morgan fingerprint density at radius 2 is 1.76 bits per heavy atom. The second-order valence-corrected chi connectivity index (χ2v) is 8.21. The Morgan fingerprint density at radius 3 is 2.52 bits per heavy atom. The fourth-order valence-corrected chi connectivity index (χ4v) is 4.61. The Balaban J connectivity index is 1.77. The molecule has 1 aromatic heterocycles. The fraction of sp³-hybridized carbons (Fsp3) is 0.263. The molecule has 130 valence electrons. The molecule has 1 aliphatic rings. The molecule has 0 amide bonds. The minimum Gasteiger partial charge on any atom is -0.464 e. The largest absolute Gasteiger partial charge is 0.464 e. The topological polar surface area (TPSA) is 62.6 Å². The minimum absolute atomic E-state index is 0.311. The van der Waals surface area contributed by atoms with E-state index in [4.69, 9.17) is 4.42 Å². The number of hydrogen-bond acceptors (Lipinski definition) is 5. The van der Waals surface area contributed by atoms with Gasteiger partial charge in [0.05, 0.1) is 16.1 Å². The third-order valence-electron chi connectivity index (χ3n) is 4.57. The molecule has 2 aromatic carbocycles. The van der Waals surface area contributed by atoms with Gasteiger partial charge in [-0.2, -0.15) is 0 Å². The molecule has 0 radical (unpaired) electrons. The normalized spacial score (nSPS) is 16.3. The van der Waals surface area contributed by atoms with Gasteiger partial charge in [0.15, 0.2) is 0 Å². The van der Waals surface area contributed by atoms with E-state index in [1.165, 1.54) is 0 Å². The highest BCUT2D eigenvalue weighted by molar-refractivity contribution is 7.91. The first-order valence-corrected chi connectivity index (χ1v) is 9.86. The lowest BCUT2D eigenvalue weighted by Gasteiger charge is -2.27. The van der Waals surface area contributed by atoms with E-state index in [0.29, 0.717) is 16.3 Å². The van der Waals surface area contributed by atoms with Crippen LogP contribution in [0.5, 0.6) is 0 Å². The first kappa shape index (κ1) is 16.3. The van der Waals surface area contributed by atoms with Crippen molar-refractivity contribution in [1.82, 2.24) is 10.2 Å². The van der Waals surface area contributed by atoms with Gasteiger partial charge in [-0.25, -0.2) is 8.42 Å². The van der Waals surface area contributed by atoms with Crippen LogP contribution in [0.3, 0.4) is 0 Å². The molecule has 2 heterocycles. The van der Waals surface area contributed by atoms with Crippen molar-refractivity contribution in [3.05, 3.63) is 60.4 Å². The number of piperazine rings is 1. The van der Waals surface area contributed by atoms with Crippen LogP contribution >= 0.6 is 0 Å². The van der Waals surface area contributed by atoms with Crippen molar-refractivity contribution in [2.24, 2.45) is 0 Å². The lowest BCUT2D eigenvalue weighted by Crippen LogP contribution is -2.42. The third kappa shape index (κ3) is 3.20. The standard InChI is InChI=1S/C19H20N2O3S/c22-25(23,17-4-2-1-3-5-17)18-12-15-6-11-24-19(15)16(13-18)14-21-9-7-20-8-10-21/h1-6,11-13,20H,7-10,14H2. The monoisotopic (exact) mass is 356 g/mol. The molecule has 6 heteroatoms. The molecule has 4 rings (SSSR count). The summed E-state index contributed by atoms with van der Waals surface area (Å²) in [6.45, 7) is 4.46. The summed E-state index contributed by atoms with van der Waals surface area (Å²) in [4.78, 5) is 2.94. The van der Waals surface area contributed by atoms with Gasteiger partial charge in [-0.1, -0.05) is 18.2 Å². The molecule has 0 atom stereocenters. The van der Waals surface area contributed by atoms with Gasteiger partial charge >= 0.3 is 0 Å². The Hall–Kier alpha value is -2.15. The second-order valence-electron chi connectivity index (χ2n) is 6.26. The predicted octanol–water partition coefficient (Wildman–Crippen LogP) is 2.67. The SMILES string of the molecule is O=S(=O)(c1ccccc1)c1cc(CN2CCNCC2)c2occc2c1. The molecule has 0 unspecified atom stereocenters. The zero-order chi connectivity index (χ0) is 17.3. The maximum atomic E-state index is 13.0. The number of furan rings is 1. The van der Waals surface area contributed by atoms with Crippen molar-refractivity contribution in [3.8, 4) is 0 Å². The van der Waals surface area contributed by atoms with Gasteiger partial charge in [-0.15, -0.1) is 0 Å². The zero-order valence-corrected chi connectivity index (χ0v) is 14.6. The van der Waals surface area contributed by atoms with Crippen LogP contribution in [0.2, 0.25) is 0 Å². The molecular formula is C19H20N2O3S. The molecule has 0 saturated carbocycles. The first-order valence-electron chi connectivity index (χ1n) is 8.38. The van der Waals surface area contributed by atoms with Crippen LogP contribution in [0.4, 0.5) is 0 Å². The Kier molecular flexibility index (Phi) is 4.33. The van der Waals surface area contributed by atoms with E-state index in [2.05, 4.69) is 10.2 Å². The smallest absolute Gasteiger partial charge is 0.206 e. The number of nitrogens with zero attached hydrogens (tertiary/aromatic N) is 1. The average molecular weight is 356 g/mol. The lowest BCUT2D eigenvalue weighted by molar-refractivity contribution is 0.233. The van der Waals surface area contributed by atoms with Crippen molar-refractivity contribution < 1.29 is 12.8 Å². The van der Waals surface area contributed by atoms with E-state index in [-0.39, 0.29) is 0 Å². The number of fused-ring (bicyclic) bond motifs is 1. The average Bonchev–Trinajstić information content (AvgIpc) is 3.12. The van der Waals surface area contributed by atoms with Crippen LogP contribution in [0.15, 0.2) is 69.0 Å². The van der Waals surface area contributed by atoms with E-state index < -0.39 is 9.84 Å². The number of benzene rings is 2. The van der Waals surface area contributed by atoms with Crippen molar-refractivity contribution >= 4 is 20.8 Å². The van der Waals surface area contributed by atoms with Crippen LogP contribution in [0.1, 0.15) is 5.56 Å². The number of sulfone groups is 1. The Morgan fingerprint density at radius 1 is 1.00 bits per heavy atom. The molecule has 1 N–H and O–H groups in total. The van der Waals surface area contributed by atoms with Gasteiger partial charge in [0, 0.05) is 43.7 Å². The predicted molar refractivity (Wildman–Crippen MR) is 96.3 cm³/mol. The minimum atomic E-state index is -3.54. The van der Waals surface area contributed by atoms with Crippen LogP contribution in [0, 0.1) is 0 Å². The van der Waals surface area contributed by atoms with Crippen molar-refractivity contribution in [1.29, 1.82) is 0 Å². The summed E-state index contributed by atoms with van der Waals surface area (Å²) in [6.07, 6.45) is 1.62. The third-order valence-corrected chi connectivity index (χ3v) is 6.32. The van der Waals surface area contributed by atoms with E-state index in [1.54, 1.807) is 42.7 Å². The first-order chi connectivity index (χ1) is 12.1. The van der Waals surface area contributed by atoms with Gasteiger partial charge in [0.2, 0.25) is 9.84 Å². The highest BCUT2D eigenvalue weighted by atomic mass is 32.2. The summed E-state index contributed by atoms with van der Waals surface area (Å²) in [5.41, 5.74) is 1.68. The van der Waals surface area contributed by atoms with Crippen LogP contribution in [0.25, 0.3) is 11.0 Å². The molecule has 25 heavy (non-hydrogen) atoms. The summed E-state index contributed by atoms with van der Waals surface area (Å²) in [6, 6.07) is 13.8. The van der Waals surface area contributed by atoms with Crippen LogP contribution in [-0.2, 0) is 16.4 Å². The maximum absolute atomic E-state index is 13.0. The molecule has 5 nitrogen and oxygen atoms in total. The zero-order valence-electron chi connectivity index (χ0n) is 13.8. The molecule has 1 fully saturated rings. The van der Waals surface area contributed by atoms with E-state index >= 15 is 0 Å². The van der Waals surface area contributed by atoms with E-state index in [9.17, 15) is 8.42 Å². The fourth-order valence-electron chi connectivity index (χ4n) is 3.24. The molecule has 0 aliphatic carbocycles. The second kappa shape index (κ2) is 6.63. The van der Waals surface area contributed by atoms with Crippen LogP contribution in [-0.4, -0.2) is 39.5 Å². The highest BCUT2D eigenvalue weighted by Crippen LogP contribution is 2.29. The molecule has 3 aromatic rings.